The number of nitriles is 1. The summed E-state index contributed by atoms with van der Waals surface area (Å²) >= 11 is 0. The first-order chi connectivity index (χ1) is 8.19. The van der Waals surface area contributed by atoms with E-state index in [-0.39, 0.29) is 6.04 Å². The fourth-order valence-corrected chi connectivity index (χ4v) is 2.54. The Kier molecular flexibility index (Phi) is 4.38. The summed E-state index contributed by atoms with van der Waals surface area (Å²) in [4.78, 5) is 4.75. The predicted octanol–water partition coefficient (Wildman–Crippen LogP) is 0.657. The molecule has 1 heterocycles. The molecule has 0 aromatic rings. The van der Waals surface area contributed by atoms with Gasteiger partial charge in [0.1, 0.15) is 6.04 Å². The van der Waals surface area contributed by atoms with E-state index >= 15 is 0 Å². The lowest BCUT2D eigenvalue weighted by Crippen LogP contribution is -2.47. The number of hydrogen-bond acceptors (Lipinski definition) is 4. The van der Waals surface area contributed by atoms with Crippen LogP contribution in [0, 0.1) is 11.3 Å². The summed E-state index contributed by atoms with van der Waals surface area (Å²) < 4.78 is 0. The summed E-state index contributed by atoms with van der Waals surface area (Å²) in [5.74, 6) is 0. The maximum atomic E-state index is 9.14. The molecule has 1 N–H and O–H groups in total. The van der Waals surface area contributed by atoms with Crippen molar-refractivity contribution in [2.45, 2.75) is 43.8 Å². The van der Waals surface area contributed by atoms with Crippen molar-refractivity contribution >= 4 is 0 Å². The van der Waals surface area contributed by atoms with E-state index in [0.29, 0.717) is 12.1 Å². The summed E-state index contributed by atoms with van der Waals surface area (Å²) in [6, 6.07) is 3.67. The molecular weight excluding hydrogens is 212 g/mol. The molecule has 0 radical (unpaired) electrons. The van der Waals surface area contributed by atoms with Gasteiger partial charge in [0.05, 0.1) is 6.07 Å². The van der Waals surface area contributed by atoms with E-state index in [1.807, 2.05) is 0 Å². The highest BCUT2D eigenvalue weighted by Gasteiger charge is 2.27. The maximum absolute atomic E-state index is 9.14. The smallest absolute Gasteiger partial charge is 0.108 e. The summed E-state index contributed by atoms with van der Waals surface area (Å²) in [7, 11) is 4.35. The number of likely N-dealkylation sites (N-methyl/N-ethyl adjacent to an activating group) is 1. The minimum atomic E-state index is 0.00663. The van der Waals surface area contributed by atoms with Gasteiger partial charge < -0.3 is 9.80 Å². The molecule has 1 saturated carbocycles. The van der Waals surface area contributed by atoms with E-state index in [9.17, 15) is 0 Å². The summed E-state index contributed by atoms with van der Waals surface area (Å²) in [5, 5.41) is 12.6. The van der Waals surface area contributed by atoms with Crippen LogP contribution in [0.4, 0.5) is 0 Å². The Morgan fingerprint density at radius 2 is 2.00 bits per heavy atom. The zero-order chi connectivity index (χ0) is 12.3. The second-order valence-corrected chi connectivity index (χ2v) is 5.60. The van der Waals surface area contributed by atoms with Crippen molar-refractivity contribution in [2.75, 3.05) is 33.7 Å². The molecule has 0 aromatic heterocycles. The van der Waals surface area contributed by atoms with Crippen molar-refractivity contribution in [1.29, 1.82) is 5.26 Å². The zero-order valence-electron chi connectivity index (χ0n) is 11.0. The van der Waals surface area contributed by atoms with Crippen LogP contribution in [0.1, 0.15) is 25.7 Å². The van der Waals surface area contributed by atoms with E-state index < -0.39 is 0 Å². The van der Waals surface area contributed by atoms with E-state index in [1.165, 1.54) is 38.8 Å². The summed E-state index contributed by atoms with van der Waals surface area (Å²) in [5.41, 5.74) is 0. The summed E-state index contributed by atoms with van der Waals surface area (Å²) in [6.45, 7) is 3.23. The molecule has 17 heavy (non-hydrogen) atoms. The minimum Gasteiger partial charge on any atom is -0.306 e. The molecule has 4 nitrogen and oxygen atoms in total. The molecule has 1 aliphatic heterocycles. The lowest BCUT2D eigenvalue weighted by Gasteiger charge is -2.35. The van der Waals surface area contributed by atoms with Crippen molar-refractivity contribution in [2.24, 2.45) is 0 Å². The van der Waals surface area contributed by atoms with Crippen LogP contribution in [-0.4, -0.2) is 61.7 Å². The molecule has 1 unspecified atom stereocenters. The van der Waals surface area contributed by atoms with Crippen LogP contribution in [0.3, 0.4) is 0 Å². The SMILES string of the molecule is CN1CCC(N(C)CC(C#N)NC2CC2)CC1. The minimum absolute atomic E-state index is 0.00663. The van der Waals surface area contributed by atoms with E-state index in [2.05, 4.69) is 35.3 Å². The third-order valence-electron chi connectivity index (χ3n) is 3.95. The van der Waals surface area contributed by atoms with Gasteiger partial charge in [-0.25, -0.2) is 0 Å². The fourth-order valence-electron chi connectivity index (χ4n) is 2.54. The largest absolute Gasteiger partial charge is 0.306 e. The Balaban J connectivity index is 1.74. The number of nitrogens with one attached hydrogen (secondary N) is 1. The standard InChI is InChI=1S/C13H24N4/c1-16-7-5-13(6-8-16)17(2)10-12(9-14)15-11-3-4-11/h11-13,15H,3-8,10H2,1-2H3. The number of rotatable bonds is 5. The predicted molar refractivity (Wildman–Crippen MR) is 68.7 cm³/mol. The average Bonchev–Trinajstić information content (AvgIpc) is 3.13. The van der Waals surface area contributed by atoms with Crippen LogP contribution < -0.4 is 5.32 Å². The average molecular weight is 236 g/mol. The van der Waals surface area contributed by atoms with Crippen molar-refractivity contribution in [3.05, 3.63) is 0 Å². The van der Waals surface area contributed by atoms with Crippen LogP contribution in [0.2, 0.25) is 0 Å². The van der Waals surface area contributed by atoms with Gasteiger partial charge in [0.2, 0.25) is 0 Å². The van der Waals surface area contributed by atoms with Gasteiger partial charge in [-0.1, -0.05) is 0 Å². The van der Waals surface area contributed by atoms with Gasteiger partial charge >= 0.3 is 0 Å². The molecule has 2 rings (SSSR count). The molecule has 0 bridgehead atoms. The molecule has 1 aliphatic carbocycles. The van der Waals surface area contributed by atoms with Crippen molar-refractivity contribution < 1.29 is 0 Å². The molecule has 0 amide bonds. The molecule has 0 aromatic carbocycles. The van der Waals surface area contributed by atoms with Gasteiger partial charge in [-0.05, 0) is 52.9 Å². The van der Waals surface area contributed by atoms with Gasteiger partial charge in [-0.15, -0.1) is 0 Å². The highest BCUT2D eigenvalue weighted by molar-refractivity contribution is 4.98. The highest BCUT2D eigenvalue weighted by Crippen LogP contribution is 2.20. The number of hydrogen-bond donors (Lipinski definition) is 1. The third kappa shape index (κ3) is 3.95. The van der Waals surface area contributed by atoms with Crippen molar-refractivity contribution in [3.8, 4) is 6.07 Å². The normalized spacial score (nSPS) is 24.8. The summed E-state index contributed by atoms with van der Waals surface area (Å²) in [6.07, 6.45) is 4.95. The second-order valence-electron chi connectivity index (χ2n) is 5.60. The van der Waals surface area contributed by atoms with E-state index in [0.717, 1.165) is 6.54 Å². The first kappa shape index (κ1) is 12.8. The Bertz CT molecular complexity index is 274. The first-order valence-corrected chi connectivity index (χ1v) is 6.73. The monoisotopic (exact) mass is 236 g/mol. The lowest BCUT2D eigenvalue weighted by molar-refractivity contribution is 0.139. The van der Waals surface area contributed by atoms with Crippen LogP contribution >= 0.6 is 0 Å². The first-order valence-electron chi connectivity index (χ1n) is 6.73. The second kappa shape index (κ2) is 5.81. The molecule has 2 fully saturated rings. The molecular formula is C13H24N4. The zero-order valence-corrected chi connectivity index (χ0v) is 11.0. The number of likely N-dealkylation sites (tertiary alicyclic amines) is 1. The Hall–Kier alpha value is -0.630. The molecule has 4 heteroatoms. The Labute approximate surface area is 105 Å². The molecule has 96 valence electrons. The van der Waals surface area contributed by atoms with Crippen LogP contribution in [0.15, 0.2) is 0 Å². The Morgan fingerprint density at radius 3 is 2.53 bits per heavy atom. The molecule has 1 atom stereocenters. The molecule has 2 aliphatic rings. The lowest BCUT2D eigenvalue weighted by atomic mass is 10.0. The van der Waals surface area contributed by atoms with Gasteiger partial charge in [0, 0.05) is 18.6 Å². The van der Waals surface area contributed by atoms with Gasteiger partial charge in [0.25, 0.3) is 0 Å². The third-order valence-corrected chi connectivity index (χ3v) is 3.95. The number of nitrogens with zero attached hydrogens (tertiary/aromatic N) is 3. The Morgan fingerprint density at radius 1 is 1.35 bits per heavy atom. The number of piperidine rings is 1. The molecule has 0 spiro atoms. The van der Waals surface area contributed by atoms with Crippen LogP contribution in [-0.2, 0) is 0 Å². The van der Waals surface area contributed by atoms with E-state index in [1.54, 1.807) is 0 Å². The van der Waals surface area contributed by atoms with Gasteiger partial charge in [-0.3, -0.25) is 5.32 Å². The van der Waals surface area contributed by atoms with Crippen molar-refractivity contribution in [3.63, 3.8) is 0 Å². The van der Waals surface area contributed by atoms with Crippen LogP contribution in [0.25, 0.3) is 0 Å². The fraction of sp³-hybridized carbons (Fsp3) is 0.923. The maximum Gasteiger partial charge on any atom is 0.108 e. The van der Waals surface area contributed by atoms with Crippen LogP contribution in [0.5, 0.6) is 0 Å². The van der Waals surface area contributed by atoms with Gasteiger partial charge in [0.15, 0.2) is 0 Å². The highest BCUT2D eigenvalue weighted by atomic mass is 15.2. The van der Waals surface area contributed by atoms with Crippen molar-refractivity contribution in [1.82, 2.24) is 15.1 Å². The van der Waals surface area contributed by atoms with E-state index in [4.69, 9.17) is 5.26 Å². The van der Waals surface area contributed by atoms with Gasteiger partial charge in [-0.2, -0.15) is 5.26 Å². The molecule has 1 saturated heterocycles. The quantitative estimate of drug-likeness (QED) is 0.761. The topological polar surface area (TPSA) is 42.3 Å².